The molecule has 2 aromatic rings. The van der Waals surface area contributed by atoms with Crippen molar-refractivity contribution in [2.45, 2.75) is 31.3 Å². The Morgan fingerprint density at radius 3 is 2.56 bits per heavy atom. The van der Waals surface area contributed by atoms with Crippen molar-refractivity contribution in [2.75, 3.05) is 18.0 Å². The summed E-state index contributed by atoms with van der Waals surface area (Å²) in [6, 6.07) is 0.718. The van der Waals surface area contributed by atoms with E-state index in [1.807, 2.05) is 0 Å². The molecule has 1 aromatic carbocycles. The Morgan fingerprint density at radius 1 is 1.28 bits per heavy atom. The van der Waals surface area contributed by atoms with Gasteiger partial charge < -0.3 is 20.3 Å². The third-order valence-corrected chi connectivity index (χ3v) is 4.90. The predicted molar refractivity (Wildman–Crippen MR) is 88.2 cm³/mol. The SMILES string of the molecule is NC1CCN(c2c(F)cc3c(=O)c(C(=O)O)cn(C4CC4)c3c2F)C1. The van der Waals surface area contributed by atoms with E-state index in [4.69, 9.17) is 5.73 Å². The molecule has 1 aliphatic heterocycles. The molecule has 4 rings (SSSR count). The van der Waals surface area contributed by atoms with Gasteiger partial charge in [0.05, 0.1) is 10.9 Å². The number of anilines is 1. The van der Waals surface area contributed by atoms with Gasteiger partial charge in [-0.3, -0.25) is 4.79 Å². The van der Waals surface area contributed by atoms with Gasteiger partial charge in [0.15, 0.2) is 5.82 Å². The number of nitrogens with zero attached hydrogens (tertiary/aromatic N) is 2. The number of nitrogens with two attached hydrogens (primary N) is 1. The molecule has 2 aliphatic rings. The van der Waals surface area contributed by atoms with Crippen molar-refractivity contribution in [2.24, 2.45) is 5.73 Å². The lowest BCUT2D eigenvalue weighted by molar-refractivity contribution is 0.0695. The second-order valence-electron chi connectivity index (χ2n) is 6.73. The number of fused-ring (bicyclic) bond motifs is 1. The van der Waals surface area contributed by atoms with Crippen LogP contribution in [0.1, 0.15) is 35.7 Å². The molecule has 0 bridgehead atoms. The molecule has 132 valence electrons. The minimum absolute atomic E-state index is 0.0330. The molecule has 2 heterocycles. The number of hydrogen-bond acceptors (Lipinski definition) is 4. The number of halogens is 2. The minimum Gasteiger partial charge on any atom is -0.477 e. The first-order chi connectivity index (χ1) is 11.9. The first-order valence-corrected chi connectivity index (χ1v) is 8.19. The molecule has 1 saturated carbocycles. The molecule has 25 heavy (non-hydrogen) atoms. The summed E-state index contributed by atoms with van der Waals surface area (Å²) in [5.74, 6) is -3.11. The number of carbonyl (C=O) groups is 1. The van der Waals surface area contributed by atoms with Gasteiger partial charge in [0, 0.05) is 31.4 Å². The van der Waals surface area contributed by atoms with Crippen LogP contribution in [-0.4, -0.2) is 34.8 Å². The Bertz CT molecular complexity index is 953. The summed E-state index contributed by atoms with van der Waals surface area (Å²) in [7, 11) is 0. The monoisotopic (exact) mass is 349 g/mol. The number of carboxylic acids is 1. The van der Waals surface area contributed by atoms with Crippen molar-refractivity contribution in [1.29, 1.82) is 0 Å². The summed E-state index contributed by atoms with van der Waals surface area (Å²) in [5.41, 5.74) is 4.25. The lowest BCUT2D eigenvalue weighted by atomic mass is 10.1. The molecule has 1 saturated heterocycles. The van der Waals surface area contributed by atoms with E-state index in [-0.39, 0.29) is 28.7 Å². The van der Waals surface area contributed by atoms with Crippen molar-refractivity contribution >= 4 is 22.6 Å². The van der Waals surface area contributed by atoms with Crippen molar-refractivity contribution in [3.05, 3.63) is 39.7 Å². The molecule has 0 amide bonds. The lowest BCUT2D eigenvalue weighted by Gasteiger charge is -2.22. The fraction of sp³-hybridized carbons (Fsp3) is 0.412. The summed E-state index contributed by atoms with van der Waals surface area (Å²) in [4.78, 5) is 25.3. The molecule has 0 spiro atoms. The average Bonchev–Trinajstić information content (AvgIpc) is 3.30. The number of benzene rings is 1. The molecule has 2 fully saturated rings. The van der Waals surface area contributed by atoms with Crippen molar-refractivity contribution in [1.82, 2.24) is 4.57 Å². The smallest absolute Gasteiger partial charge is 0.341 e. The second-order valence-corrected chi connectivity index (χ2v) is 6.73. The van der Waals surface area contributed by atoms with Crippen LogP contribution in [0.25, 0.3) is 10.9 Å². The maximum absolute atomic E-state index is 15.2. The topological polar surface area (TPSA) is 88.6 Å². The van der Waals surface area contributed by atoms with Gasteiger partial charge in [-0.05, 0) is 25.3 Å². The molecule has 3 N–H and O–H groups in total. The Hall–Kier alpha value is -2.48. The van der Waals surface area contributed by atoms with Crippen LogP contribution in [0, 0.1) is 11.6 Å². The summed E-state index contributed by atoms with van der Waals surface area (Å²) < 4.78 is 31.3. The number of pyridine rings is 1. The Balaban J connectivity index is 2.03. The summed E-state index contributed by atoms with van der Waals surface area (Å²) in [6.07, 6.45) is 3.32. The maximum atomic E-state index is 15.2. The number of aromatic nitrogens is 1. The molecule has 0 radical (unpaired) electrons. The molecular weight excluding hydrogens is 332 g/mol. The van der Waals surface area contributed by atoms with Crippen molar-refractivity contribution < 1.29 is 18.7 Å². The first kappa shape index (κ1) is 16.0. The highest BCUT2D eigenvalue weighted by Gasteiger charge is 2.32. The quantitative estimate of drug-likeness (QED) is 0.883. The molecule has 1 aliphatic carbocycles. The third-order valence-electron chi connectivity index (χ3n) is 4.90. The fourth-order valence-electron chi connectivity index (χ4n) is 3.50. The van der Waals surface area contributed by atoms with Crippen LogP contribution < -0.4 is 16.1 Å². The zero-order valence-corrected chi connectivity index (χ0v) is 13.3. The van der Waals surface area contributed by atoms with Crippen LogP contribution >= 0.6 is 0 Å². The zero-order chi connectivity index (χ0) is 17.9. The summed E-state index contributed by atoms with van der Waals surface area (Å²) in [5, 5.41) is 8.98. The average molecular weight is 349 g/mol. The third kappa shape index (κ3) is 2.48. The van der Waals surface area contributed by atoms with Crippen molar-refractivity contribution in [3.8, 4) is 0 Å². The van der Waals surface area contributed by atoms with Crippen LogP contribution in [0.5, 0.6) is 0 Å². The maximum Gasteiger partial charge on any atom is 0.341 e. The number of hydrogen-bond donors (Lipinski definition) is 2. The van der Waals surface area contributed by atoms with Gasteiger partial charge in [-0.2, -0.15) is 0 Å². The van der Waals surface area contributed by atoms with Crippen LogP contribution in [0.3, 0.4) is 0 Å². The predicted octanol–water partition coefficient (Wildman–Crippen LogP) is 1.85. The van der Waals surface area contributed by atoms with Gasteiger partial charge in [0.2, 0.25) is 5.43 Å². The fourth-order valence-corrected chi connectivity index (χ4v) is 3.50. The van der Waals surface area contributed by atoms with E-state index < -0.39 is 28.6 Å². The normalized spacial score (nSPS) is 20.4. The van der Waals surface area contributed by atoms with Gasteiger partial charge >= 0.3 is 5.97 Å². The van der Waals surface area contributed by atoms with Gasteiger partial charge in [0.25, 0.3) is 0 Å². The van der Waals surface area contributed by atoms with E-state index >= 15 is 4.39 Å². The first-order valence-electron chi connectivity index (χ1n) is 8.19. The molecular formula is C17H17F2N3O3. The van der Waals surface area contributed by atoms with E-state index in [9.17, 15) is 19.1 Å². The lowest BCUT2D eigenvalue weighted by Crippen LogP contribution is -2.28. The molecule has 1 atom stereocenters. The van der Waals surface area contributed by atoms with Crippen LogP contribution in [0.15, 0.2) is 17.1 Å². The van der Waals surface area contributed by atoms with Crippen LogP contribution in [0.4, 0.5) is 14.5 Å². The Labute approximate surface area is 141 Å². The number of rotatable bonds is 3. The second kappa shape index (κ2) is 5.52. The van der Waals surface area contributed by atoms with Crippen LogP contribution in [0.2, 0.25) is 0 Å². The molecule has 1 aromatic heterocycles. The van der Waals surface area contributed by atoms with Gasteiger partial charge in [-0.25, -0.2) is 13.6 Å². The number of aromatic carboxylic acids is 1. The van der Waals surface area contributed by atoms with E-state index in [0.29, 0.717) is 19.5 Å². The van der Waals surface area contributed by atoms with Gasteiger partial charge in [0.1, 0.15) is 17.1 Å². The van der Waals surface area contributed by atoms with E-state index in [2.05, 4.69) is 0 Å². The summed E-state index contributed by atoms with van der Waals surface area (Å²) in [6.45, 7) is 0.765. The standard InChI is InChI=1S/C17H17F2N3O3/c18-12-5-10-14(13(19)15(12)21-4-3-8(20)6-21)22(9-1-2-9)7-11(16(10)23)17(24)25/h5,7-9H,1-4,6,20H2,(H,24,25). The van der Waals surface area contributed by atoms with Crippen LogP contribution in [-0.2, 0) is 0 Å². The Kier molecular flexibility index (Phi) is 3.54. The Morgan fingerprint density at radius 2 is 2.00 bits per heavy atom. The highest BCUT2D eigenvalue weighted by Crippen LogP contribution is 2.40. The van der Waals surface area contributed by atoms with E-state index in [1.165, 1.54) is 10.8 Å². The highest BCUT2D eigenvalue weighted by molar-refractivity contribution is 5.94. The number of carboxylic acid groups (broad SMARTS) is 1. The van der Waals surface area contributed by atoms with Crippen molar-refractivity contribution in [3.63, 3.8) is 0 Å². The summed E-state index contributed by atoms with van der Waals surface area (Å²) >= 11 is 0. The molecule has 8 heteroatoms. The van der Waals surface area contributed by atoms with Gasteiger partial charge in [-0.1, -0.05) is 0 Å². The highest BCUT2D eigenvalue weighted by atomic mass is 19.1. The van der Waals surface area contributed by atoms with E-state index in [1.54, 1.807) is 4.90 Å². The minimum atomic E-state index is -1.41. The molecule has 6 nitrogen and oxygen atoms in total. The van der Waals surface area contributed by atoms with E-state index in [0.717, 1.165) is 18.9 Å². The molecule has 1 unspecified atom stereocenters. The zero-order valence-electron chi connectivity index (χ0n) is 13.3. The van der Waals surface area contributed by atoms with Gasteiger partial charge in [-0.15, -0.1) is 0 Å². The largest absolute Gasteiger partial charge is 0.477 e.